The van der Waals surface area contributed by atoms with Gasteiger partial charge < -0.3 is 5.73 Å². The fourth-order valence-electron chi connectivity index (χ4n) is 3.69. The van der Waals surface area contributed by atoms with Crippen LogP contribution in [0.25, 0.3) is 0 Å². The molecule has 1 heteroatoms. The molecule has 0 aliphatic carbocycles. The lowest BCUT2D eigenvalue weighted by Gasteiger charge is -2.42. The molecule has 0 aliphatic heterocycles. The van der Waals surface area contributed by atoms with E-state index in [4.69, 9.17) is 5.73 Å². The summed E-state index contributed by atoms with van der Waals surface area (Å²) in [6.45, 7) is 9.07. The molecule has 0 heterocycles. The van der Waals surface area contributed by atoms with Gasteiger partial charge in [0.15, 0.2) is 0 Å². The van der Waals surface area contributed by atoms with E-state index in [1.165, 1.54) is 76.2 Å². The lowest BCUT2D eigenvalue weighted by molar-refractivity contribution is 0.153. The molecule has 25 heavy (non-hydrogen) atoms. The lowest BCUT2D eigenvalue weighted by atomic mass is 9.67. The van der Waals surface area contributed by atoms with Gasteiger partial charge >= 0.3 is 0 Å². The average molecular weight is 346 g/mol. The van der Waals surface area contributed by atoms with Gasteiger partial charge in [0.2, 0.25) is 0 Å². The maximum atomic E-state index is 6.58. The summed E-state index contributed by atoms with van der Waals surface area (Å²) in [5.41, 5.74) is 8.01. The molecule has 0 saturated carbocycles. The normalized spacial score (nSPS) is 14.4. The molecule has 0 bridgehead atoms. The minimum Gasteiger partial charge on any atom is -0.325 e. The third kappa shape index (κ3) is 8.90. The second kappa shape index (κ2) is 11.7. The van der Waals surface area contributed by atoms with E-state index >= 15 is 0 Å². The Labute approximate surface area is 157 Å². The summed E-state index contributed by atoms with van der Waals surface area (Å²) in [7, 11) is 0. The van der Waals surface area contributed by atoms with E-state index in [0.717, 1.165) is 6.42 Å². The molecule has 1 nitrogen and oxygen atoms in total. The predicted octanol–water partition coefficient (Wildman–Crippen LogP) is 7.28. The molecule has 2 N–H and O–H groups in total. The van der Waals surface area contributed by atoms with Gasteiger partial charge in [-0.2, -0.15) is 0 Å². The number of hydrogen-bond acceptors (Lipinski definition) is 1. The second-order valence-electron chi connectivity index (χ2n) is 8.88. The van der Waals surface area contributed by atoms with Gasteiger partial charge in [-0.15, -0.1) is 0 Å². The van der Waals surface area contributed by atoms with Gasteiger partial charge in [-0.3, -0.25) is 0 Å². The maximum absolute atomic E-state index is 6.58. The van der Waals surface area contributed by atoms with E-state index in [1.807, 2.05) is 0 Å². The summed E-state index contributed by atoms with van der Waals surface area (Å²) in [5.74, 6) is 0. The van der Waals surface area contributed by atoms with Crippen molar-refractivity contribution in [2.75, 3.05) is 0 Å². The van der Waals surface area contributed by atoms with Crippen molar-refractivity contribution in [3.8, 4) is 0 Å². The first-order valence-electron chi connectivity index (χ1n) is 10.7. The molecule has 0 saturated heterocycles. The molecule has 0 fully saturated rings. The Morgan fingerprint density at radius 2 is 1.20 bits per heavy atom. The van der Waals surface area contributed by atoms with Crippen LogP contribution in [0.4, 0.5) is 0 Å². The number of benzene rings is 1. The van der Waals surface area contributed by atoms with E-state index in [-0.39, 0.29) is 11.0 Å². The van der Waals surface area contributed by atoms with Gasteiger partial charge in [0.05, 0.1) is 0 Å². The highest BCUT2D eigenvalue weighted by Crippen LogP contribution is 2.38. The largest absolute Gasteiger partial charge is 0.325 e. The summed E-state index contributed by atoms with van der Waals surface area (Å²) >= 11 is 0. The van der Waals surface area contributed by atoms with Crippen LogP contribution in [0.1, 0.15) is 104 Å². The highest BCUT2D eigenvalue weighted by molar-refractivity contribution is 5.18. The summed E-state index contributed by atoms with van der Waals surface area (Å²) in [4.78, 5) is 0. The fourth-order valence-corrected chi connectivity index (χ4v) is 3.69. The first-order chi connectivity index (χ1) is 11.9. The summed E-state index contributed by atoms with van der Waals surface area (Å²) in [6, 6.07) is 10.8. The lowest BCUT2D eigenvalue weighted by Crippen LogP contribution is -2.50. The van der Waals surface area contributed by atoms with Gasteiger partial charge in [0.1, 0.15) is 0 Å². The van der Waals surface area contributed by atoms with E-state index in [2.05, 4.69) is 58.0 Å². The molecular weight excluding hydrogens is 302 g/mol. The van der Waals surface area contributed by atoms with Gasteiger partial charge in [-0.25, -0.2) is 0 Å². The minimum atomic E-state index is -0.151. The monoisotopic (exact) mass is 345 g/mol. The van der Waals surface area contributed by atoms with Crippen molar-refractivity contribution in [2.24, 2.45) is 11.1 Å². The number of nitrogens with two attached hydrogens (primary N) is 1. The van der Waals surface area contributed by atoms with Crippen molar-refractivity contribution in [3.63, 3.8) is 0 Å². The average Bonchev–Trinajstić information content (AvgIpc) is 2.56. The first-order valence-corrected chi connectivity index (χ1v) is 10.7. The molecule has 0 aromatic heterocycles. The van der Waals surface area contributed by atoms with Gasteiger partial charge in [-0.1, -0.05) is 108 Å². The smallest absolute Gasteiger partial charge is 0.0154 e. The Kier molecular flexibility index (Phi) is 10.4. The Hall–Kier alpha value is -0.820. The Balaban J connectivity index is 2.28. The van der Waals surface area contributed by atoms with E-state index in [0.29, 0.717) is 0 Å². The molecule has 0 aliphatic rings. The molecule has 0 amide bonds. The molecule has 1 aromatic rings. The minimum absolute atomic E-state index is 0.151. The van der Waals surface area contributed by atoms with E-state index < -0.39 is 0 Å². The zero-order valence-corrected chi connectivity index (χ0v) is 17.4. The van der Waals surface area contributed by atoms with Crippen LogP contribution in [0.5, 0.6) is 0 Å². The standard InChI is InChI=1S/C24H43N/c1-5-6-7-8-9-10-11-12-13-17-20-24(4,23(2,3)25)21-22-18-15-14-16-19-22/h14-16,18-19H,5-13,17,20-21,25H2,1-4H3. The molecule has 0 radical (unpaired) electrons. The molecule has 1 unspecified atom stereocenters. The van der Waals surface area contributed by atoms with Crippen molar-refractivity contribution in [2.45, 2.75) is 110 Å². The van der Waals surface area contributed by atoms with Crippen molar-refractivity contribution in [1.29, 1.82) is 0 Å². The van der Waals surface area contributed by atoms with Crippen LogP contribution < -0.4 is 5.73 Å². The quantitative estimate of drug-likeness (QED) is 0.352. The maximum Gasteiger partial charge on any atom is 0.0154 e. The van der Waals surface area contributed by atoms with Crippen LogP contribution in [0.2, 0.25) is 0 Å². The Morgan fingerprint density at radius 3 is 1.68 bits per heavy atom. The highest BCUT2D eigenvalue weighted by atomic mass is 14.8. The summed E-state index contributed by atoms with van der Waals surface area (Å²) in [6.07, 6.45) is 16.2. The first kappa shape index (κ1) is 22.2. The van der Waals surface area contributed by atoms with Crippen LogP contribution in [0.15, 0.2) is 30.3 Å². The van der Waals surface area contributed by atoms with E-state index in [1.54, 1.807) is 0 Å². The number of rotatable bonds is 14. The molecule has 1 rings (SSSR count). The number of unbranched alkanes of at least 4 members (excludes halogenated alkanes) is 9. The van der Waals surface area contributed by atoms with Gasteiger partial charge in [-0.05, 0) is 37.7 Å². The molecule has 1 atom stereocenters. The summed E-state index contributed by atoms with van der Waals surface area (Å²) in [5, 5.41) is 0. The zero-order chi connectivity index (χ0) is 18.6. The topological polar surface area (TPSA) is 26.0 Å². The van der Waals surface area contributed by atoms with Gasteiger partial charge in [0, 0.05) is 5.54 Å². The van der Waals surface area contributed by atoms with Crippen LogP contribution >= 0.6 is 0 Å². The summed E-state index contributed by atoms with van der Waals surface area (Å²) < 4.78 is 0. The third-order valence-electron chi connectivity index (χ3n) is 6.07. The Morgan fingerprint density at radius 1 is 0.720 bits per heavy atom. The van der Waals surface area contributed by atoms with Crippen LogP contribution in [-0.2, 0) is 6.42 Å². The van der Waals surface area contributed by atoms with Gasteiger partial charge in [0.25, 0.3) is 0 Å². The van der Waals surface area contributed by atoms with Crippen LogP contribution in [-0.4, -0.2) is 5.54 Å². The molecule has 144 valence electrons. The third-order valence-corrected chi connectivity index (χ3v) is 6.07. The van der Waals surface area contributed by atoms with E-state index in [9.17, 15) is 0 Å². The van der Waals surface area contributed by atoms with Crippen molar-refractivity contribution >= 4 is 0 Å². The molecule has 0 spiro atoms. The zero-order valence-electron chi connectivity index (χ0n) is 17.4. The fraction of sp³-hybridized carbons (Fsp3) is 0.750. The van der Waals surface area contributed by atoms with Crippen LogP contribution in [0, 0.1) is 5.41 Å². The Bertz CT molecular complexity index is 431. The molecular formula is C24H43N. The SMILES string of the molecule is CCCCCCCCCCCCC(C)(Cc1ccccc1)C(C)(C)N. The predicted molar refractivity (Wildman–Crippen MR) is 113 cm³/mol. The van der Waals surface area contributed by atoms with Crippen LogP contribution in [0.3, 0.4) is 0 Å². The number of hydrogen-bond donors (Lipinski definition) is 1. The second-order valence-corrected chi connectivity index (χ2v) is 8.88. The van der Waals surface area contributed by atoms with Crippen molar-refractivity contribution in [1.82, 2.24) is 0 Å². The molecule has 1 aromatic carbocycles. The van der Waals surface area contributed by atoms with Crippen molar-refractivity contribution < 1.29 is 0 Å². The highest BCUT2D eigenvalue weighted by Gasteiger charge is 2.37. The van der Waals surface area contributed by atoms with Crippen molar-refractivity contribution in [3.05, 3.63) is 35.9 Å².